The summed E-state index contributed by atoms with van der Waals surface area (Å²) < 4.78 is 25.1. The lowest BCUT2D eigenvalue weighted by atomic mass is 10.1. The fraction of sp³-hybridized carbons (Fsp3) is 0.500. The molecule has 0 aromatic heterocycles. The van der Waals surface area contributed by atoms with Crippen LogP contribution in [0.25, 0.3) is 0 Å². The average molecular weight is 207 g/mol. The summed E-state index contributed by atoms with van der Waals surface area (Å²) in [6.45, 7) is 2.63. The highest BCUT2D eigenvalue weighted by atomic mass is 19.1. The highest BCUT2D eigenvalue weighted by Gasteiger charge is 2.40. The Morgan fingerprint density at radius 1 is 0.857 bits per heavy atom. The van der Waals surface area contributed by atoms with Crippen molar-refractivity contribution in [3.05, 3.63) is 0 Å². The Bertz CT molecular complexity index is 224. The van der Waals surface area contributed by atoms with E-state index >= 15 is 0 Å². The molecule has 0 aliphatic heterocycles. The van der Waals surface area contributed by atoms with E-state index in [0.29, 0.717) is 0 Å². The van der Waals surface area contributed by atoms with Crippen molar-refractivity contribution in [2.75, 3.05) is 0 Å². The second-order valence-electron chi connectivity index (χ2n) is 2.38. The molecular formula is C6H9BFO6-. The third-order valence-corrected chi connectivity index (χ3v) is 0.920. The number of carbonyl (C=O) groups excluding carboxylic acids is 3. The van der Waals surface area contributed by atoms with Crippen molar-refractivity contribution in [3.8, 4) is 0 Å². The van der Waals surface area contributed by atoms with E-state index in [9.17, 15) is 18.7 Å². The predicted octanol–water partition coefficient (Wildman–Crippen LogP) is 0.0808. The smallest absolute Gasteiger partial charge is 0.593 e. The second-order valence-corrected chi connectivity index (χ2v) is 2.38. The molecule has 0 rings (SSSR count). The first kappa shape index (κ1) is 12.4. The zero-order chi connectivity index (χ0) is 11.4. The maximum absolute atomic E-state index is 13.3. The molecule has 0 spiro atoms. The van der Waals surface area contributed by atoms with Crippen LogP contribution in [0.4, 0.5) is 4.32 Å². The summed E-state index contributed by atoms with van der Waals surface area (Å²) >= 11 is 0. The summed E-state index contributed by atoms with van der Waals surface area (Å²) in [7, 11) is -4.16. The van der Waals surface area contributed by atoms with Crippen LogP contribution >= 0.6 is 0 Å². The van der Waals surface area contributed by atoms with Crippen molar-refractivity contribution < 1.29 is 32.7 Å². The first-order valence-electron chi connectivity index (χ1n) is 3.65. The zero-order valence-corrected chi connectivity index (χ0v) is 7.90. The number of rotatable bonds is 3. The molecule has 8 heteroatoms. The Kier molecular flexibility index (Phi) is 4.07. The van der Waals surface area contributed by atoms with Crippen molar-refractivity contribution in [2.24, 2.45) is 0 Å². The molecule has 0 amide bonds. The maximum atomic E-state index is 13.3. The van der Waals surface area contributed by atoms with Gasteiger partial charge in [-0.05, 0) is 0 Å². The van der Waals surface area contributed by atoms with E-state index in [1.807, 2.05) is 0 Å². The minimum atomic E-state index is -4.16. The molecule has 0 atom stereocenters. The van der Waals surface area contributed by atoms with Crippen molar-refractivity contribution in [1.29, 1.82) is 0 Å². The Morgan fingerprint density at radius 2 is 1.07 bits per heavy atom. The van der Waals surface area contributed by atoms with E-state index in [2.05, 4.69) is 14.0 Å². The molecule has 0 saturated carbocycles. The largest absolute Gasteiger partial charge is 0.757 e. The maximum Gasteiger partial charge on any atom is 0.757 e. The van der Waals surface area contributed by atoms with E-state index in [1.54, 1.807) is 0 Å². The number of hydrogen-bond donors (Lipinski definition) is 0. The van der Waals surface area contributed by atoms with Crippen LogP contribution in [0.15, 0.2) is 0 Å². The standard InChI is InChI=1S/C6H9BFO6/c1-4(9)12-7(8,13-5(2)10)14-6(3)11/h1-3H3/q-1. The van der Waals surface area contributed by atoms with Gasteiger partial charge in [-0.3, -0.25) is 14.4 Å². The van der Waals surface area contributed by atoms with E-state index in [1.165, 1.54) is 0 Å². The molecule has 6 nitrogen and oxygen atoms in total. The summed E-state index contributed by atoms with van der Waals surface area (Å²) in [5, 5.41) is 0. The van der Waals surface area contributed by atoms with E-state index in [4.69, 9.17) is 0 Å². The molecule has 0 aromatic rings. The Morgan fingerprint density at radius 3 is 1.21 bits per heavy atom. The van der Waals surface area contributed by atoms with Gasteiger partial charge < -0.3 is 18.3 Å². The Hall–Kier alpha value is -1.60. The van der Waals surface area contributed by atoms with E-state index in [0.717, 1.165) is 20.8 Å². The van der Waals surface area contributed by atoms with Gasteiger partial charge in [-0.15, -0.1) is 0 Å². The second kappa shape index (κ2) is 4.59. The molecule has 0 bridgehead atoms. The van der Waals surface area contributed by atoms with Gasteiger partial charge in [0, 0.05) is 20.8 Å². The molecule has 0 unspecified atom stereocenters. The summed E-state index contributed by atoms with van der Waals surface area (Å²) in [6, 6.07) is 0. The Balaban J connectivity index is 4.56. The van der Waals surface area contributed by atoms with Crippen molar-refractivity contribution in [1.82, 2.24) is 0 Å². The molecule has 0 aliphatic rings. The monoisotopic (exact) mass is 207 g/mol. The average Bonchev–Trinajstić information content (AvgIpc) is 1.76. The fourth-order valence-electron chi connectivity index (χ4n) is 0.667. The molecule has 80 valence electrons. The van der Waals surface area contributed by atoms with Gasteiger partial charge in [-0.2, -0.15) is 0 Å². The van der Waals surface area contributed by atoms with Crippen LogP contribution in [-0.2, 0) is 28.3 Å². The van der Waals surface area contributed by atoms with Crippen molar-refractivity contribution >= 4 is 24.9 Å². The molecular weight excluding hydrogens is 198 g/mol. The van der Waals surface area contributed by atoms with Crippen LogP contribution in [0.2, 0.25) is 0 Å². The molecule has 0 heterocycles. The summed E-state index contributed by atoms with van der Waals surface area (Å²) in [5.41, 5.74) is 0. The van der Waals surface area contributed by atoms with Gasteiger partial charge in [0.25, 0.3) is 17.9 Å². The van der Waals surface area contributed by atoms with Gasteiger partial charge in [0.2, 0.25) is 0 Å². The van der Waals surface area contributed by atoms with Crippen LogP contribution < -0.4 is 0 Å². The summed E-state index contributed by atoms with van der Waals surface area (Å²) in [6.07, 6.45) is 0. The van der Waals surface area contributed by atoms with Crippen LogP contribution in [0.1, 0.15) is 20.8 Å². The molecule has 0 saturated heterocycles. The lowest BCUT2D eigenvalue weighted by molar-refractivity contribution is -0.151. The van der Waals surface area contributed by atoms with Gasteiger partial charge in [0.15, 0.2) is 0 Å². The van der Waals surface area contributed by atoms with Gasteiger partial charge in [0.05, 0.1) is 0 Å². The third-order valence-electron chi connectivity index (χ3n) is 0.920. The van der Waals surface area contributed by atoms with E-state index < -0.39 is 24.9 Å². The Labute approximate surface area is 79.4 Å². The van der Waals surface area contributed by atoms with Gasteiger partial charge in [-0.25, -0.2) is 0 Å². The molecule has 0 fully saturated rings. The summed E-state index contributed by atoms with van der Waals surface area (Å²) in [4.78, 5) is 31.2. The normalized spacial score (nSPS) is 10.3. The molecule has 14 heavy (non-hydrogen) atoms. The fourth-order valence-corrected chi connectivity index (χ4v) is 0.667. The van der Waals surface area contributed by atoms with Gasteiger partial charge in [-0.1, -0.05) is 0 Å². The zero-order valence-electron chi connectivity index (χ0n) is 7.90. The van der Waals surface area contributed by atoms with Gasteiger partial charge in [0.1, 0.15) is 0 Å². The third kappa shape index (κ3) is 5.12. The van der Waals surface area contributed by atoms with E-state index in [-0.39, 0.29) is 0 Å². The molecule has 0 aliphatic carbocycles. The van der Waals surface area contributed by atoms with Gasteiger partial charge >= 0.3 is 7.03 Å². The quantitative estimate of drug-likeness (QED) is 0.609. The van der Waals surface area contributed by atoms with Crippen molar-refractivity contribution in [2.45, 2.75) is 20.8 Å². The predicted molar refractivity (Wildman–Crippen MR) is 42.2 cm³/mol. The van der Waals surface area contributed by atoms with Crippen molar-refractivity contribution in [3.63, 3.8) is 0 Å². The molecule has 0 N–H and O–H groups in total. The highest BCUT2D eigenvalue weighted by molar-refractivity contribution is 6.58. The molecule has 0 aromatic carbocycles. The molecule has 0 radical (unpaired) electrons. The first-order valence-corrected chi connectivity index (χ1v) is 3.65. The first-order chi connectivity index (χ1) is 6.25. The minimum absolute atomic E-state index is 0.878. The minimum Gasteiger partial charge on any atom is -0.593 e. The lowest BCUT2D eigenvalue weighted by Crippen LogP contribution is -2.45. The van der Waals surface area contributed by atoms with Crippen LogP contribution in [-0.4, -0.2) is 24.9 Å². The number of carbonyl (C=O) groups is 3. The lowest BCUT2D eigenvalue weighted by Gasteiger charge is -2.30. The van der Waals surface area contributed by atoms with Crippen LogP contribution in [0, 0.1) is 0 Å². The number of halogens is 1. The SMILES string of the molecule is CC(=O)O[B-](F)(OC(C)=O)OC(C)=O. The topological polar surface area (TPSA) is 78.9 Å². The highest BCUT2D eigenvalue weighted by Crippen LogP contribution is 2.12. The number of hydrogen-bond acceptors (Lipinski definition) is 6. The summed E-state index contributed by atoms with van der Waals surface area (Å²) in [5.74, 6) is -3.22. The van der Waals surface area contributed by atoms with Crippen LogP contribution in [0.5, 0.6) is 0 Å². The van der Waals surface area contributed by atoms with Crippen LogP contribution in [0.3, 0.4) is 0 Å².